The highest BCUT2D eigenvalue weighted by Gasteiger charge is 2.38. The van der Waals surface area contributed by atoms with Gasteiger partial charge in [-0.2, -0.15) is 17.9 Å². The molecule has 0 saturated carbocycles. The zero-order valence-corrected chi connectivity index (χ0v) is 19.8. The molecule has 36 heavy (non-hydrogen) atoms. The van der Waals surface area contributed by atoms with Gasteiger partial charge in [-0.25, -0.2) is 4.39 Å². The van der Waals surface area contributed by atoms with E-state index >= 15 is 0 Å². The molecule has 0 bridgehead atoms. The van der Waals surface area contributed by atoms with Crippen LogP contribution in [0.1, 0.15) is 33.0 Å². The molecular formula is C22H17Cl2F4N6O2+. The highest BCUT2D eigenvalue weighted by Crippen LogP contribution is 2.27. The van der Waals surface area contributed by atoms with E-state index < -0.39 is 24.4 Å². The van der Waals surface area contributed by atoms with E-state index in [1.54, 1.807) is 0 Å². The number of nitrogens with one attached hydrogen (secondary N) is 2. The Morgan fingerprint density at radius 2 is 2.00 bits per heavy atom. The van der Waals surface area contributed by atoms with Gasteiger partial charge < -0.3 is 9.88 Å². The van der Waals surface area contributed by atoms with Crippen molar-refractivity contribution in [2.75, 3.05) is 6.54 Å². The molecular weight excluding hydrogens is 527 g/mol. The predicted molar refractivity (Wildman–Crippen MR) is 121 cm³/mol. The fourth-order valence-corrected chi connectivity index (χ4v) is 4.78. The SMILES string of the molecule is O=C(c1cc(Cc2c[nH]c(=O)c3cc(Cl)c(Cl)n23)ccc1F)N1CCc2c(n[nH][n+]2CC(F)(F)F)C1. The number of aromatic amines is 2. The topological polar surface area (TPSA) is 90.1 Å². The molecule has 1 amide bonds. The number of rotatable bonds is 4. The van der Waals surface area contributed by atoms with Gasteiger partial charge in [-0.1, -0.05) is 34.5 Å². The number of fused-ring (bicyclic) bond motifs is 2. The van der Waals surface area contributed by atoms with Crippen LogP contribution in [0.5, 0.6) is 0 Å². The number of H-pyrrole nitrogens is 2. The van der Waals surface area contributed by atoms with Crippen molar-refractivity contribution in [2.45, 2.75) is 32.1 Å². The average Bonchev–Trinajstić information content (AvgIpc) is 3.36. The van der Waals surface area contributed by atoms with E-state index in [4.69, 9.17) is 23.2 Å². The smallest absolute Gasteiger partial charge is 0.330 e. The normalized spacial score (nSPS) is 13.9. The van der Waals surface area contributed by atoms with Crippen LogP contribution in [0.25, 0.3) is 5.52 Å². The number of carbonyl (C=O) groups excluding carboxylic acids is 1. The van der Waals surface area contributed by atoms with Crippen molar-refractivity contribution in [3.05, 3.63) is 85.0 Å². The van der Waals surface area contributed by atoms with Crippen LogP contribution in [0, 0.1) is 5.82 Å². The van der Waals surface area contributed by atoms with Crippen molar-refractivity contribution in [2.24, 2.45) is 0 Å². The molecule has 3 aromatic heterocycles. The summed E-state index contributed by atoms with van der Waals surface area (Å²) in [4.78, 5) is 29.2. The summed E-state index contributed by atoms with van der Waals surface area (Å²) in [5.74, 6) is -1.35. The van der Waals surface area contributed by atoms with Crippen LogP contribution in [-0.4, -0.2) is 43.2 Å². The third kappa shape index (κ3) is 4.46. The Balaban J connectivity index is 1.40. The number of benzene rings is 1. The van der Waals surface area contributed by atoms with Crippen LogP contribution >= 0.6 is 23.2 Å². The fraction of sp³-hybridized carbons (Fsp3) is 0.273. The predicted octanol–water partition coefficient (Wildman–Crippen LogP) is 3.44. The number of hydrogen-bond acceptors (Lipinski definition) is 3. The Morgan fingerprint density at radius 3 is 2.75 bits per heavy atom. The number of alkyl halides is 3. The van der Waals surface area contributed by atoms with Crippen molar-refractivity contribution in [3.8, 4) is 0 Å². The van der Waals surface area contributed by atoms with E-state index in [1.165, 1.54) is 33.7 Å². The lowest BCUT2D eigenvalue weighted by molar-refractivity contribution is -0.778. The zero-order chi connectivity index (χ0) is 25.8. The molecule has 4 heterocycles. The minimum absolute atomic E-state index is 0.0583. The Labute approximate surface area is 210 Å². The molecule has 1 aliphatic rings. The van der Waals surface area contributed by atoms with Crippen LogP contribution in [0.3, 0.4) is 0 Å². The van der Waals surface area contributed by atoms with Gasteiger partial charge in [-0.05, 0) is 23.8 Å². The van der Waals surface area contributed by atoms with Crippen LogP contribution in [-0.2, 0) is 25.9 Å². The second kappa shape index (κ2) is 8.93. The molecule has 5 rings (SSSR count). The fourth-order valence-electron chi connectivity index (χ4n) is 4.34. The zero-order valence-electron chi connectivity index (χ0n) is 18.3. The number of aromatic nitrogens is 5. The maximum Gasteiger partial charge on any atom is 0.428 e. The molecule has 2 N–H and O–H groups in total. The van der Waals surface area contributed by atoms with Gasteiger partial charge in [0.1, 0.15) is 16.5 Å². The van der Waals surface area contributed by atoms with Crippen LogP contribution in [0.15, 0.2) is 35.3 Å². The van der Waals surface area contributed by atoms with E-state index in [0.29, 0.717) is 22.6 Å². The maximum absolute atomic E-state index is 14.7. The number of carbonyl (C=O) groups is 1. The first-order valence-electron chi connectivity index (χ1n) is 10.7. The summed E-state index contributed by atoms with van der Waals surface area (Å²) in [6.45, 7) is -1.17. The molecule has 4 aromatic rings. The third-order valence-corrected chi connectivity index (χ3v) is 6.74. The van der Waals surface area contributed by atoms with Crippen molar-refractivity contribution >= 4 is 34.6 Å². The van der Waals surface area contributed by atoms with Crippen molar-refractivity contribution < 1.29 is 27.0 Å². The van der Waals surface area contributed by atoms with Crippen LogP contribution < -0.4 is 10.2 Å². The Hall–Kier alpha value is -3.38. The molecule has 1 aromatic carbocycles. The maximum atomic E-state index is 14.7. The summed E-state index contributed by atoms with van der Waals surface area (Å²) in [5, 5.41) is 6.58. The quantitative estimate of drug-likeness (QED) is 0.305. The van der Waals surface area contributed by atoms with Gasteiger partial charge in [0, 0.05) is 36.4 Å². The minimum atomic E-state index is -4.42. The Kier molecular flexibility index (Phi) is 6.03. The van der Waals surface area contributed by atoms with Crippen molar-refractivity contribution in [1.29, 1.82) is 0 Å². The summed E-state index contributed by atoms with van der Waals surface area (Å²) in [5.41, 5.74) is 1.44. The molecule has 8 nitrogen and oxygen atoms in total. The number of hydrogen-bond donors (Lipinski definition) is 2. The second-order valence-electron chi connectivity index (χ2n) is 8.39. The standard InChI is InChI=1S/C22H16Cl2F4N6O2/c23-14-7-18-20(35)29-8-12(34(18)19(14)24)5-11-1-2-15(25)13(6-11)21(36)32-4-3-17-16(9-32)30-31-33(17)10-22(26,27)28/h1-2,6-8H,3-5,9-10H2,(H,29,35)/p+1. The lowest BCUT2D eigenvalue weighted by atomic mass is 10.0. The monoisotopic (exact) mass is 543 g/mol. The van der Waals surface area contributed by atoms with Gasteiger partial charge in [0.15, 0.2) is 5.69 Å². The average molecular weight is 544 g/mol. The molecule has 1 aliphatic heterocycles. The lowest BCUT2D eigenvalue weighted by Crippen LogP contribution is -2.48. The van der Waals surface area contributed by atoms with E-state index in [2.05, 4.69) is 15.3 Å². The molecule has 0 saturated heterocycles. The first kappa shape index (κ1) is 24.3. The first-order valence-corrected chi connectivity index (χ1v) is 11.4. The van der Waals surface area contributed by atoms with Gasteiger partial charge in [0.25, 0.3) is 11.5 Å². The minimum Gasteiger partial charge on any atom is -0.330 e. The Bertz CT molecular complexity index is 1560. The molecule has 0 atom stereocenters. The summed E-state index contributed by atoms with van der Waals surface area (Å²) in [6, 6.07) is 5.50. The molecule has 0 fully saturated rings. The van der Waals surface area contributed by atoms with E-state index in [9.17, 15) is 27.2 Å². The van der Waals surface area contributed by atoms with Crippen LogP contribution in [0.2, 0.25) is 10.2 Å². The van der Waals surface area contributed by atoms with Gasteiger partial charge in [0.2, 0.25) is 12.2 Å². The molecule has 0 aliphatic carbocycles. The third-order valence-electron chi connectivity index (χ3n) is 5.98. The lowest BCUT2D eigenvalue weighted by Gasteiger charge is -2.24. The van der Waals surface area contributed by atoms with Gasteiger partial charge in [-0.3, -0.25) is 14.0 Å². The van der Waals surface area contributed by atoms with E-state index in [1.807, 2.05) is 0 Å². The number of halogens is 6. The highest BCUT2D eigenvalue weighted by atomic mass is 35.5. The number of nitrogens with zero attached hydrogens (tertiary/aromatic N) is 4. The molecule has 14 heteroatoms. The van der Waals surface area contributed by atoms with E-state index in [0.717, 1.165) is 10.7 Å². The van der Waals surface area contributed by atoms with Gasteiger partial charge in [0.05, 0.1) is 17.1 Å². The molecule has 0 radical (unpaired) electrons. The van der Waals surface area contributed by atoms with Crippen molar-refractivity contribution in [3.63, 3.8) is 0 Å². The first-order chi connectivity index (χ1) is 17.0. The molecule has 0 unspecified atom stereocenters. The summed E-state index contributed by atoms with van der Waals surface area (Å²) < 4.78 is 55.4. The summed E-state index contributed by atoms with van der Waals surface area (Å²) >= 11 is 12.3. The Morgan fingerprint density at radius 1 is 1.22 bits per heavy atom. The van der Waals surface area contributed by atoms with Gasteiger partial charge in [-0.15, -0.1) is 0 Å². The number of amides is 1. The highest BCUT2D eigenvalue weighted by molar-refractivity contribution is 6.42. The molecule has 0 spiro atoms. The second-order valence-corrected chi connectivity index (χ2v) is 9.15. The summed E-state index contributed by atoms with van der Waals surface area (Å²) in [6.07, 6.45) is -2.63. The van der Waals surface area contributed by atoms with Gasteiger partial charge >= 0.3 is 6.18 Å². The largest absolute Gasteiger partial charge is 0.428 e. The van der Waals surface area contributed by atoms with Crippen molar-refractivity contribution in [1.82, 2.24) is 24.6 Å². The van der Waals surface area contributed by atoms with Crippen LogP contribution in [0.4, 0.5) is 17.6 Å². The molecule has 188 valence electrons. The van der Waals surface area contributed by atoms with E-state index in [-0.39, 0.29) is 52.7 Å². The summed E-state index contributed by atoms with van der Waals surface area (Å²) in [7, 11) is 0.